The lowest BCUT2D eigenvalue weighted by Gasteiger charge is -2.19. The Bertz CT molecular complexity index is 527. The quantitative estimate of drug-likeness (QED) is 0.884. The molecular formula is C14H18ClN3O. The molecule has 4 nitrogen and oxygen atoms in total. The van der Waals surface area contributed by atoms with Gasteiger partial charge in [-0.05, 0) is 30.8 Å². The number of benzene rings is 1. The normalized spacial score (nSPS) is 12.4. The van der Waals surface area contributed by atoms with E-state index in [9.17, 15) is 0 Å². The van der Waals surface area contributed by atoms with E-state index in [0.29, 0.717) is 11.6 Å². The summed E-state index contributed by atoms with van der Waals surface area (Å²) in [5.41, 5.74) is 1.10. The summed E-state index contributed by atoms with van der Waals surface area (Å²) in [6.07, 6.45) is 1.79. The van der Waals surface area contributed by atoms with Crippen molar-refractivity contribution in [2.45, 2.75) is 13.0 Å². The van der Waals surface area contributed by atoms with Crippen LogP contribution in [0.3, 0.4) is 0 Å². The third-order valence-electron chi connectivity index (χ3n) is 2.88. The molecule has 1 aromatic heterocycles. The molecule has 0 fully saturated rings. The summed E-state index contributed by atoms with van der Waals surface area (Å²) < 4.78 is 7.65. The summed E-state index contributed by atoms with van der Waals surface area (Å²) in [7, 11) is 1.93. The Morgan fingerprint density at radius 3 is 2.89 bits per heavy atom. The first-order chi connectivity index (χ1) is 9.20. The minimum Gasteiger partial charge on any atom is -0.491 e. The maximum atomic E-state index is 5.94. The van der Waals surface area contributed by atoms with Crippen LogP contribution in [0.1, 0.15) is 18.7 Å². The second kappa shape index (κ2) is 6.59. The average molecular weight is 280 g/mol. The van der Waals surface area contributed by atoms with Crippen molar-refractivity contribution in [1.29, 1.82) is 0 Å². The van der Waals surface area contributed by atoms with Gasteiger partial charge in [0.1, 0.15) is 12.4 Å². The highest BCUT2D eigenvalue weighted by atomic mass is 35.5. The van der Waals surface area contributed by atoms with E-state index in [4.69, 9.17) is 16.3 Å². The van der Waals surface area contributed by atoms with Crippen LogP contribution in [0.25, 0.3) is 0 Å². The van der Waals surface area contributed by atoms with Gasteiger partial charge in [-0.2, -0.15) is 5.10 Å². The third kappa shape index (κ3) is 3.72. The van der Waals surface area contributed by atoms with Crippen molar-refractivity contribution in [2.75, 3.05) is 13.2 Å². The number of halogens is 1. The summed E-state index contributed by atoms with van der Waals surface area (Å²) in [4.78, 5) is 0. The number of likely N-dealkylation sites (N-methyl/N-ethyl adjacent to an activating group) is 1. The van der Waals surface area contributed by atoms with Crippen molar-refractivity contribution in [3.05, 3.63) is 47.2 Å². The zero-order valence-corrected chi connectivity index (χ0v) is 11.9. The van der Waals surface area contributed by atoms with Crippen LogP contribution in [0, 0.1) is 0 Å². The Morgan fingerprint density at radius 2 is 2.26 bits per heavy atom. The molecule has 0 saturated carbocycles. The molecule has 1 N–H and O–H groups in total. The van der Waals surface area contributed by atoms with E-state index in [0.717, 1.165) is 18.0 Å². The fraction of sp³-hybridized carbons (Fsp3) is 0.357. The number of nitrogens with zero attached hydrogens (tertiary/aromatic N) is 2. The van der Waals surface area contributed by atoms with E-state index in [1.807, 2.05) is 42.1 Å². The second-order valence-corrected chi connectivity index (χ2v) is 4.69. The average Bonchev–Trinajstić information content (AvgIpc) is 2.81. The van der Waals surface area contributed by atoms with Gasteiger partial charge < -0.3 is 10.1 Å². The number of hydrogen-bond donors (Lipinski definition) is 1. The van der Waals surface area contributed by atoms with Gasteiger partial charge in [0, 0.05) is 18.3 Å². The predicted molar refractivity (Wildman–Crippen MR) is 76.6 cm³/mol. The van der Waals surface area contributed by atoms with Crippen LogP contribution in [0.15, 0.2) is 36.5 Å². The largest absolute Gasteiger partial charge is 0.491 e. The van der Waals surface area contributed by atoms with Crippen LogP contribution in [0.4, 0.5) is 0 Å². The van der Waals surface area contributed by atoms with Crippen LogP contribution < -0.4 is 10.1 Å². The van der Waals surface area contributed by atoms with Gasteiger partial charge in [-0.3, -0.25) is 4.68 Å². The molecule has 5 heteroatoms. The molecular weight excluding hydrogens is 262 g/mol. The smallest absolute Gasteiger partial charge is 0.120 e. The Kier molecular flexibility index (Phi) is 4.82. The highest BCUT2D eigenvalue weighted by Gasteiger charge is 2.14. The topological polar surface area (TPSA) is 39.1 Å². The van der Waals surface area contributed by atoms with Gasteiger partial charge in [0.2, 0.25) is 0 Å². The lowest BCUT2D eigenvalue weighted by molar-refractivity contribution is 0.262. The summed E-state index contributed by atoms with van der Waals surface area (Å²) in [5.74, 6) is 0.776. The molecule has 0 aliphatic carbocycles. The first-order valence-electron chi connectivity index (χ1n) is 6.30. The van der Waals surface area contributed by atoms with Crippen LogP contribution in [0.2, 0.25) is 5.02 Å². The van der Waals surface area contributed by atoms with Gasteiger partial charge >= 0.3 is 0 Å². The van der Waals surface area contributed by atoms with Gasteiger partial charge in [-0.1, -0.05) is 24.6 Å². The van der Waals surface area contributed by atoms with E-state index >= 15 is 0 Å². The molecule has 1 atom stereocenters. The minimum atomic E-state index is 0.108. The van der Waals surface area contributed by atoms with Gasteiger partial charge in [0.25, 0.3) is 0 Å². The maximum Gasteiger partial charge on any atom is 0.120 e. The highest BCUT2D eigenvalue weighted by molar-refractivity contribution is 6.30. The van der Waals surface area contributed by atoms with Crippen molar-refractivity contribution in [2.24, 2.45) is 7.05 Å². The Balaban J connectivity index is 2.04. The summed E-state index contributed by atoms with van der Waals surface area (Å²) in [6, 6.07) is 9.53. The molecule has 0 radical (unpaired) electrons. The third-order valence-corrected chi connectivity index (χ3v) is 3.11. The van der Waals surface area contributed by atoms with Gasteiger partial charge in [-0.25, -0.2) is 0 Å². The van der Waals surface area contributed by atoms with Crippen LogP contribution in [-0.2, 0) is 7.05 Å². The molecule has 0 bridgehead atoms. The van der Waals surface area contributed by atoms with Crippen LogP contribution in [-0.4, -0.2) is 22.9 Å². The molecule has 0 aliphatic rings. The van der Waals surface area contributed by atoms with Crippen molar-refractivity contribution in [3.63, 3.8) is 0 Å². The summed E-state index contributed by atoms with van der Waals surface area (Å²) in [5, 5.41) is 8.26. The van der Waals surface area contributed by atoms with Gasteiger partial charge in [0.15, 0.2) is 0 Å². The SMILES string of the molecule is CCNC(COc1cccc(Cl)c1)c1ccnn1C. The zero-order valence-electron chi connectivity index (χ0n) is 11.1. The van der Waals surface area contributed by atoms with Crippen LogP contribution in [0.5, 0.6) is 5.75 Å². The van der Waals surface area contributed by atoms with E-state index in [2.05, 4.69) is 17.3 Å². The molecule has 0 aliphatic heterocycles. The predicted octanol–water partition coefficient (Wildman–Crippen LogP) is 2.80. The van der Waals surface area contributed by atoms with E-state index in [1.54, 1.807) is 6.20 Å². The number of rotatable bonds is 6. The molecule has 2 rings (SSSR count). The van der Waals surface area contributed by atoms with Crippen molar-refractivity contribution in [3.8, 4) is 5.75 Å². The number of aryl methyl sites for hydroxylation is 1. The molecule has 0 amide bonds. The fourth-order valence-corrected chi connectivity index (χ4v) is 2.14. The maximum absolute atomic E-state index is 5.94. The minimum absolute atomic E-state index is 0.108. The van der Waals surface area contributed by atoms with Gasteiger partial charge in [-0.15, -0.1) is 0 Å². The first kappa shape index (κ1) is 13.9. The molecule has 0 spiro atoms. The molecule has 102 valence electrons. The highest BCUT2D eigenvalue weighted by Crippen LogP contribution is 2.19. The molecule has 2 aromatic rings. The molecule has 1 aromatic carbocycles. The Morgan fingerprint density at radius 1 is 1.42 bits per heavy atom. The van der Waals surface area contributed by atoms with E-state index in [1.165, 1.54) is 0 Å². The Labute approximate surface area is 118 Å². The van der Waals surface area contributed by atoms with E-state index in [-0.39, 0.29) is 6.04 Å². The second-order valence-electron chi connectivity index (χ2n) is 4.26. The van der Waals surface area contributed by atoms with Crippen molar-refractivity contribution < 1.29 is 4.74 Å². The first-order valence-corrected chi connectivity index (χ1v) is 6.68. The van der Waals surface area contributed by atoms with Gasteiger partial charge in [0.05, 0.1) is 11.7 Å². The summed E-state index contributed by atoms with van der Waals surface area (Å²) >= 11 is 5.94. The van der Waals surface area contributed by atoms with Crippen LogP contribution >= 0.6 is 11.6 Å². The molecule has 0 saturated heterocycles. The lowest BCUT2D eigenvalue weighted by atomic mass is 10.2. The molecule has 1 unspecified atom stereocenters. The standard InChI is InChI=1S/C14H18ClN3O/c1-3-16-13(14-7-8-17-18(14)2)10-19-12-6-4-5-11(15)9-12/h4-9,13,16H,3,10H2,1-2H3. The van der Waals surface area contributed by atoms with E-state index < -0.39 is 0 Å². The number of ether oxygens (including phenoxy) is 1. The number of nitrogens with one attached hydrogen (secondary N) is 1. The van der Waals surface area contributed by atoms with Crippen molar-refractivity contribution >= 4 is 11.6 Å². The van der Waals surface area contributed by atoms with Crippen molar-refractivity contribution in [1.82, 2.24) is 15.1 Å². The lowest BCUT2D eigenvalue weighted by Crippen LogP contribution is -2.28. The zero-order chi connectivity index (χ0) is 13.7. The fourth-order valence-electron chi connectivity index (χ4n) is 1.96. The summed E-state index contributed by atoms with van der Waals surface area (Å²) in [6.45, 7) is 3.48. The number of hydrogen-bond acceptors (Lipinski definition) is 3. The molecule has 19 heavy (non-hydrogen) atoms. The number of aromatic nitrogens is 2. The Hall–Kier alpha value is -1.52. The monoisotopic (exact) mass is 279 g/mol. The molecule has 1 heterocycles.